The summed E-state index contributed by atoms with van der Waals surface area (Å²) in [4.78, 5) is 22.8. The third-order valence-electron chi connectivity index (χ3n) is 5.89. The molecule has 1 aliphatic rings. The number of carbonyl (C=O) groups excluding carboxylic acids is 1. The Morgan fingerprint density at radius 3 is 2.66 bits per heavy atom. The Labute approximate surface area is 203 Å². The number of furan rings is 1. The largest absolute Gasteiger partial charge is 0.472 e. The van der Waals surface area contributed by atoms with Crippen LogP contribution in [0.5, 0.6) is 0 Å². The average molecular weight is 499 g/mol. The Balaban J connectivity index is 1.41. The van der Waals surface area contributed by atoms with Crippen LogP contribution in [0.2, 0.25) is 5.15 Å². The van der Waals surface area contributed by atoms with Crippen molar-refractivity contribution in [3.05, 3.63) is 77.4 Å². The Kier molecular flexibility index (Phi) is 5.99. The quantitative estimate of drug-likeness (QED) is 0.339. The normalized spacial score (nSPS) is 14.7. The second kappa shape index (κ2) is 9.12. The highest BCUT2D eigenvalue weighted by atomic mass is 35.5. The number of hydrogen-bond acceptors (Lipinski definition) is 4. The van der Waals surface area contributed by atoms with Gasteiger partial charge in [-0.2, -0.15) is 13.2 Å². The number of hydrogen-bond donors (Lipinski definition) is 0. The van der Waals surface area contributed by atoms with Gasteiger partial charge in [0, 0.05) is 54.3 Å². The molecule has 0 bridgehead atoms. The molecule has 178 valence electrons. The molecule has 0 saturated carbocycles. The van der Waals surface area contributed by atoms with Crippen LogP contribution in [0.15, 0.2) is 59.8 Å². The molecule has 0 spiro atoms. The lowest BCUT2D eigenvalue weighted by atomic mass is 9.97. The van der Waals surface area contributed by atoms with Crippen molar-refractivity contribution in [2.75, 3.05) is 13.1 Å². The SMILES string of the molecule is O=C(c1nc2c(C(F)(F)F)cc(-c3ccoc3)cn2c1Cl)N1CCC(C#Cc2cccnc2)CC1. The molecule has 0 radical (unpaired) electrons. The highest BCUT2D eigenvalue weighted by molar-refractivity contribution is 6.33. The van der Waals surface area contributed by atoms with E-state index < -0.39 is 23.3 Å². The zero-order valence-electron chi connectivity index (χ0n) is 18.2. The molecule has 1 amide bonds. The van der Waals surface area contributed by atoms with Crippen molar-refractivity contribution in [3.8, 4) is 23.0 Å². The summed E-state index contributed by atoms with van der Waals surface area (Å²) >= 11 is 6.41. The molecule has 0 atom stereocenters. The molecular formula is C25H18ClF3N4O2. The number of rotatable bonds is 2. The predicted molar refractivity (Wildman–Crippen MR) is 123 cm³/mol. The summed E-state index contributed by atoms with van der Waals surface area (Å²) in [5.41, 5.74) is -0.106. The first-order valence-electron chi connectivity index (χ1n) is 10.8. The van der Waals surface area contributed by atoms with Gasteiger partial charge in [-0.3, -0.25) is 14.2 Å². The Morgan fingerprint density at radius 2 is 2.00 bits per heavy atom. The molecule has 0 aliphatic carbocycles. The second-order valence-electron chi connectivity index (χ2n) is 8.17. The van der Waals surface area contributed by atoms with E-state index in [0.717, 1.165) is 16.0 Å². The predicted octanol–water partition coefficient (Wildman–Crippen LogP) is 5.57. The third-order valence-corrected chi connectivity index (χ3v) is 6.25. The topological polar surface area (TPSA) is 63.6 Å². The first kappa shape index (κ1) is 23.0. The van der Waals surface area contributed by atoms with Gasteiger partial charge in [-0.1, -0.05) is 23.4 Å². The lowest BCUT2D eigenvalue weighted by Gasteiger charge is -2.29. The number of carbonyl (C=O) groups is 1. The van der Waals surface area contributed by atoms with Gasteiger partial charge in [0.2, 0.25) is 0 Å². The van der Waals surface area contributed by atoms with Crippen LogP contribution in [-0.4, -0.2) is 38.3 Å². The number of pyridine rings is 2. The van der Waals surface area contributed by atoms with E-state index in [-0.39, 0.29) is 22.3 Å². The van der Waals surface area contributed by atoms with Crippen LogP contribution in [0, 0.1) is 17.8 Å². The van der Waals surface area contributed by atoms with Crippen molar-refractivity contribution in [3.63, 3.8) is 0 Å². The van der Waals surface area contributed by atoms with Crippen LogP contribution >= 0.6 is 11.6 Å². The van der Waals surface area contributed by atoms with Gasteiger partial charge in [-0.05, 0) is 37.1 Å². The Bertz CT molecular complexity index is 1430. The van der Waals surface area contributed by atoms with Crippen LogP contribution < -0.4 is 0 Å². The second-order valence-corrected chi connectivity index (χ2v) is 8.53. The van der Waals surface area contributed by atoms with Gasteiger partial charge in [0.15, 0.2) is 11.3 Å². The Morgan fingerprint density at radius 1 is 1.20 bits per heavy atom. The molecule has 0 aromatic carbocycles. The Hall–Kier alpha value is -3.77. The third kappa shape index (κ3) is 4.62. The fraction of sp³-hybridized carbons (Fsp3) is 0.240. The van der Waals surface area contributed by atoms with Gasteiger partial charge in [0.05, 0.1) is 18.1 Å². The standard InChI is InChI=1S/C25H18ClF3N4O2/c26-22-21(24(34)32-9-5-16(6-10-32)3-4-17-2-1-8-30-13-17)31-23-20(25(27,28)29)12-19(14-33(22)23)18-7-11-35-15-18/h1-2,7-8,11-16H,5-6,9-10H2. The molecule has 4 aromatic heterocycles. The zero-order valence-corrected chi connectivity index (χ0v) is 19.0. The lowest BCUT2D eigenvalue weighted by Crippen LogP contribution is -2.38. The highest BCUT2D eigenvalue weighted by Gasteiger charge is 2.37. The van der Waals surface area contributed by atoms with Gasteiger partial charge < -0.3 is 9.32 Å². The monoisotopic (exact) mass is 498 g/mol. The van der Waals surface area contributed by atoms with E-state index in [1.165, 1.54) is 18.7 Å². The van der Waals surface area contributed by atoms with Gasteiger partial charge in [0.1, 0.15) is 5.15 Å². The fourth-order valence-corrected chi connectivity index (χ4v) is 4.30. The summed E-state index contributed by atoms with van der Waals surface area (Å²) in [7, 11) is 0. The molecule has 5 rings (SSSR count). The number of nitrogens with zero attached hydrogens (tertiary/aromatic N) is 4. The summed E-state index contributed by atoms with van der Waals surface area (Å²) in [5, 5.41) is -0.167. The number of fused-ring (bicyclic) bond motifs is 1. The number of alkyl halides is 3. The molecule has 1 saturated heterocycles. The van der Waals surface area contributed by atoms with Crippen molar-refractivity contribution >= 4 is 23.2 Å². The summed E-state index contributed by atoms with van der Waals surface area (Å²) in [5.74, 6) is 5.89. The van der Waals surface area contributed by atoms with Crippen molar-refractivity contribution < 1.29 is 22.4 Å². The van der Waals surface area contributed by atoms with Gasteiger partial charge in [0.25, 0.3) is 5.91 Å². The number of halogens is 4. The maximum Gasteiger partial charge on any atom is 0.420 e. The van der Waals surface area contributed by atoms with Crippen LogP contribution in [0.4, 0.5) is 13.2 Å². The van der Waals surface area contributed by atoms with Crippen LogP contribution in [0.1, 0.15) is 34.5 Å². The number of amides is 1. The average Bonchev–Trinajstić information content (AvgIpc) is 3.51. The van der Waals surface area contributed by atoms with E-state index in [1.54, 1.807) is 23.4 Å². The summed E-state index contributed by atoms with van der Waals surface area (Å²) < 4.78 is 47.6. The first-order chi connectivity index (χ1) is 16.8. The maximum atomic E-state index is 13.8. The maximum absolute atomic E-state index is 13.8. The van der Waals surface area contributed by atoms with Crippen molar-refractivity contribution in [1.82, 2.24) is 19.3 Å². The summed E-state index contributed by atoms with van der Waals surface area (Å²) in [6, 6.07) is 6.20. The van der Waals surface area contributed by atoms with Crippen LogP contribution in [0.25, 0.3) is 16.8 Å². The van der Waals surface area contributed by atoms with Gasteiger partial charge in [-0.25, -0.2) is 4.98 Å². The molecule has 5 heterocycles. The van der Waals surface area contributed by atoms with Crippen molar-refractivity contribution in [2.45, 2.75) is 19.0 Å². The van der Waals surface area contributed by atoms with E-state index in [1.807, 2.05) is 12.1 Å². The van der Waals surface area contributed by atoms with E-state index >= 15 is 0 Å². The van der Waals surface area contributed by atoms with Gasteiger partial charge >= 0.3 is 6.18 Å². The van der Waals surface area contributed by atoms with E-state index in [4.69, 9.17) is 16.0 Å². The van der Waals surface area contributed by atoms with E-state index in [9.17, 15) is 18.0 Å². The molecule has 1 aliphatic heterocycles. The van der Waals surface area contributed by atoms with Crippen LogP contribution in [0.3, 0.4) is 0 Å². The smallest absolute Gasteiger partial charge is 0.420 e. The van der Waals surface area contributed by atoms with E-state index in [2.05, 4.69) is 21.8 Å². The number of likely N-dealkylation sites (tertiary alicyclic amines) is 1. The van der Waals surface area contributed by atoms with Gasteiger partial charge in [-0.15, -0.1) is 0 Å². The highest BCUT2D eigenvalue weighted by Crippen LogP contribution is 2.37. The number of piperidine rings is 1. The minimum absolute atomic E-state index is 0.102. The molecule has 35 heavy (non-hydrogen) atoms. The number of aromatic nitrogens is 3. The van der Waals surface area contributed by atoms with Crippen molar-refractivity contribution in [2.24, 2.45) is 5.92 Å². The summed E-state index contributed by atoms with van der Waals surface area (Å²) in [6.45, 7) is 0.809. The summed E-state index contributed by atoms with van der Waals surface area (Å²) in [6.07, 6.45) is 4.06. The minimum atomic E-state index is -4.69. The fourth-order valence-electron chi connectivity index (χ4n) is 4.05. The molecule has 6 nitrogen and oxygen atoms in total. The molecule has 10 heteroatoms. The molecule has 0 unspecified atom stereocenters. The first-order valence-corrected chi connectivity index (χ1v) is 11.2. The van der Waals surface area contributed by atoms with E-state index in [0.29, 0.717) is 31.5 Å². The van der Waals surface area contributed by atoms with Crippen LogP contribution in [-0.2, 0) is 6.18 Å². The lowest BCUT2D eigenvalue weighted by molar-refractivity contribution is -0.136. The van der Waals surface area contributed by atoms with Crippen molar-refractivity contribution in [1.29, 1.82) is 0 Å². The molecule has 0 N–H and O–H groups in total. The molecular weight excluding hydrogens is 481 g/mol. The number of imidazole rings is 1. The molecule has 4 aromatic rings. The zero-order chi connectivity index (χ0) is 24.6. The molecule has 1 fully saturated rings. The minimum Gasteiger partial charge on any atom is -0.472 e.